The van der Waals surface area contributed by atoms with Crippen molar-refractivity contribution in [3.8, 4) is 89.4 Å². The van der Waals surface area contributed by atoms with Crippen LogP contribution in [0.25, 0.3) is 90.7 Å². The van der Waals surface area contributed by atoms with Crippen LogP contribution in [0.2, 0.25) is 12.1 Å². The van der Waals surface area contributed by atoms with E-state index in [4.69, 9.17) is 28.9 Å². The van der Waals surface area contributed by atoms with Crippen LogP contribution in [0.5, 0.6) is 23.0 Å². The van der Waals surface area contributed by atoms with E-state index in [-0.39, 0.29) is 5.41 Å². The van der Waals surface area contributed by atoms with Crippen molar-refractivity contribution in [2.24, 2.45) is 0 Å². The van der Waals surface area contributed by atoms with Crippen molar-refractivity contribution >= 4 is 91.3 Å². The quantitative estimate of drug-likeness (QED) is 0.0283. The van der Waals surface area contributed by atoms with Crippen LogP contribution in [0.15, 0.2) is 158 Å². The Labute approximate surface area is 532 Å². The molecule has 0 unspecified atom stereocenters. The van der Waals surface area contributed by atoms with E-state index in [9.17, 15) is 19.2 Å². The highest BCUT2D eigenvalue weighted by Gasteiger charge is 2.44. The number of hydrogen-bond donors (Lipinski definition) is 0. The highest BCUT2D eigenvalue weighted by atomic mass is 32.1. The van der Waals surface area contributed by atoms with E-state index < -0.39 is 8.07 Å². The van der Waals surface area contributed by atoms with Crippen molar-refractivity contribution < 1.29 is 38.1 Å². The summed E-state index contributed by atoms with van der Waals surface area (Å²) in [7, 11) is -1.94. The normalized spacial score (nSPS) is 12.9. The lowest BCUT2D eigenvalue weighted by Gasteiger charge is -2.30. The summed E-state index contributed by atoms with van der Waals surface area (Å²) < 4.78 is 20.3. The highest BCUT2D eigenvalue weighted by molar-refractivity contribution is 7.22. The number of nitrogens with zero attached hydrogens (tertiary/aromatic N) is 6. The molecule has 0 atom stereocenters. The zero-order valence-electron chi connectivity index (χ0n) is 50.5. The van der Waals surface area contributed by atoms with E-state index in [1.54, 1.807) is 82.6 Å². The van der Waals surface area contributed by atoms with Gasteiger partial charge in [0.15, 0.2) is 0 Å². The van der Waals surface area contributed by atoms with Gasteiger partial charge in [0.2, 0.25) is 0 Å². The number of unbranched alkanes of at least 4 members (excludes halogenated alkanes) is 6. The van der Waals surface area contributed by atoms with Gasteiger partial charge in [-0.3, -0.25) is 39.1 Å². The van der Waals surface area contributed by atoms with Crippen LogP contribution in [0.3, 0.4) is 0 Å². The number of thiophene rings is 2. The van der Waals surface area contributed by atoms with Gasteiger partial charge in [-0.05, 0) is 121 Å². The zero-order chi connectivity index (χ0) is 62.5. The fourth-order valence-electron chi connectivity index (χ4n) is 12.1. The Kier molecular flexibility index (Phi) is 19.7. The number of benzene rings is 2. The molecular weight excluding hydrogens is 1180 g/mol. The van der Waals surface area contributed by atoms with E-state index in [1.807, 2.05) is 35.6 Å². The highest BCUT2D eigenvalue weighted by Crippen LogP contribution is 2.54. The first-order valence-corrected chi connectivity index (χ1v) is 34.3. The van der Waals surface area contributed by atoms with E-state index in [1.165, 1.54) is 118 Å². The summed E-state index contributed by atoms with van der Waals surface area (Å²) in [4.78, 5) is 75.2. The third-order valence-corrected chi connectivity index (χ3v) is 24.0. The molecule has 17 heteroatoms. The Balaban J connectivity index is 0.000000192. The van der Waals surface area contributed by atoms with Crippen molar-refractivity contribution in [2.75, 3.05) is 0 Å². The van der Waals surface area contributed by atoms with Crippen LogP contribution in [-0.4, -0.2) is 63.9 Å². The molecule has 14 nitrogen and oxygen atoms in total. The Morgan fingerprint density at radius 2 is 0.900 bits per heavy atom. The lowest BCUT2D eigenvalue weighted by Crippen LogP contribution is -2.55. The first kappa shape index (κ1) is 61.9. The topological polar surface area (TPSA) is 183 Å². The molecule has 0 saturated heterocycles. The molecule has 2 aromatic carbocycles. The molecule has 0 N–H and O–H groups in total. The summed E-state index contributed by atoms with van der Waals surface area (Å²) in [5.41, 5.74) is 12.8. The van der Waals surface area contributed by atoms with Crippen LogP contribution < -0.4 is 29.3 Å². The number of ether oxygens (including phenoxy) is 4. The molecule has 1 aliphatic heterocycles. The zero-order valence-corrected chi connectivity index (χ0v) is 53.1. The molecule has 10 aromatic rings. The molecule has 90 heavy (non-hydrogen) atoms. The predicted octanol–water partition coefficient (Wildman–Crippen LogP) is 16.0. The lowest BCUT2D eigenvalue weighted by molar-refractivity contribution is -0.121. The monoisotopic (exact) mass is 1250 g/mol. The number of carbonyl (C=O) groups excluding carboxylic acids is 4. The van der Waals surface area contributed by atoms with Gasteiger partial charge in [-0.25, -0.2) is 9.97 Å². The average Bonchev–Trinajstić information content (AvgIpc) is 1.58. The summed E-state index contributed by atoms with van der Waals surface area (Å²) in [6.45, 7) is 10.6. The fraction of sp³-hybridized carbons (Fsp3) is 0.205. The minimum absolute atomic E-state index is 0.0167. The van der Waals surface area contributed by atoms with Crippen molar-refractivity contribution in [1.29, 1.82) is 0 Å². The maximum Gasteiger partial charge on any atom is 0.298 e. The average molecular weight is 1250 g/mol. The van der Waals surface area contributed by atoms with Gasteiger partial charge in [0, 0.05) is 81.2 Å². The Morgan fingerprint density at radius 1 is 0.433 bits per heavy atom. The molecule has 452 valence electrons. The summed E-state index contributed by atoms with van der Waals surface area (Å²) in [6.07, 6.45) is 25.3. The number of rotatable bonds is 26. The number of pyridine rings is 6. The summed E-state index contributed by atoms with van der Waals surface area (Å²) in [5, 5.41) is 5.41. The standard InChI is InChI=1S/C43H45N3O4Si.C30H21N3O4S2/c1-3-5-7-11-23-51(24-12-8-6-4-2)42-14-10-9-13-36(42)37-18-17-32(26-43(37)51)15-16-33-19-21-44-38(25-33)40-28-35(50-31-48)29-41(46-40)39-27-34(49-30-47)20-22-45-39;1-30(2)22-7-10-38-28(22)29-23(30)15-21(39-29)4-3-18-5-8-31-24(11-18)26-13-20(37-17-35)14-27(33-26)25-12-19(36-16-34)6-9-32-25/h9-10,13-22,25-31H,3-8,11-12,23-24H2,1-2H3;3-17H,1-2H3/b16-15+;4-3+. The van der Waals surface area contributed by atoms with Gasteiger partial charge in [-0.2, -0.15) is 0 Å². The molecule has 9 heterocycles. The maximum atomic E-state index is 11.3. The van der Waals surface area contributed by atoms with E-state index in [0.29, 0.717) is 94.4 Å². The molecule has 0 saturated carbocycles. The second kappa shape index (κ2) is 28.6. The van der Waals surface area contributed by atoms with Crippen LogP contribution in [0.1, 0.15) is 112 Å². The maximum absolute atomic E-state index is 11.3. The van der Waals surface area contributed by atoms with Gasteiger partial charge in [0.05, 0.1) is 45.6 Å². The number of carbonyl (C=O) groups is 4. The summed E-state index contributed by atoms with van der Waals surface area (Å²) in [5.74, 6) is 1.24. The van der Waals surface area contributed by atoms with Gasteiger partial charge in [-0.1, -0.05) is 140 Å². The predicted molar refractivity (Wildman–Crippen MR) is 361 cm³/mol. The van der Waals surface area contributed by atoms with E-state index in [2.05, 4.69) is 132 Å². The summed E-state index contributed by atoms with van der Waals surface area (Å²) >= 11 is 3.61. The molecule has 0 bridgehead atoms. The first-order chi connectivity index (χ1) is 44.0. The number of hydrogen-bond acceptors (Lipinski definition) is 16. The van der Waals surface area contributed by atoms with Crippen LogP contribution in [0, 0.1) is 0 Å². The SMILES string of the molecule is CC1(C)c2ccsc2-c2sc(/C=C/c3ccnc(-c4cc(OC=O)cc(-c5cc(OC=O)ccn5)n4)c3)cc21.CCCCCC[Si]1(CCCCCC)c2ccccc2-c2ccc(/C=C/c3ccnc(-c4cc(OC=O)cc(-c5cc(OC=O)ccn5)n4)c3)cc21. The second-order valence-corrected chi connectivity index (χ2v) is 28.8. The molecule has 0 spiro atoms. The number of aromatic nitrogens is 6. The van der Waals surface area contributed by atoms with Gasteiger partial charge in [-0.15, -0.1) is 22.7 Å². The molecular formula is C73H66N6O8S2Si. The van der Waals surface area contributed by atoms with Crippen LogP contribution in [0.4, 0.5) is 0 Å². The Bertz CT molecular complexity index is 4300. The molecule has 8 aromatic heterocycles. The van der Waals surface area contributed by atoms with E-state index >= 15 is 0 Å². The van der Waals surface area contributed by atoms with Gasteiger partial charge in [0.1, 0.15) is 31.1 Å². The third kappa shape index (κ3) is 13.8. The molecule has 1 aliphatic carbocycles. The van der Waals surface area contributed by atoms with Crippen LogP contribution >= 0.6 is 22.7 Å². The van der Waals surface area contributed by atoms with Crippen molar-refractivity contribution in [3.63, 3.8) is 0 Å². The molecule has 0 radical (unpaired) electrons. The Morgan fingerprint density at radius 3 is 1.43 bits per heavy atom. The minimum Gasteiger partial charge on any atom is -0.429 e. The van der Waals surface area contributed by atoms with Crippen LogP contribution in [-0.2, 0) is 24.6 Å². The van der Waals surface area contributed by atoms with Crippen molar-refractivity contribution in [3.05, 3.63) is 190 Å². The van der Waals surface area contributed by atoms with E-state index in [0.717, 1.165) is 11.1 Å². The smallest absolute Gasteiger partial charge is 0.298 e. The first-order valence-electron chi connectivity index (χ1n) is 30.2. The fourth-order valence-corrected chi connectivity index (χ4v) is 20.2. The van der Waals surface area contributed by atoms with Gasteiger partial charge < -0.3 is 18.9 Å². The van der Waals surface area contributed by atoms with Crippen molar-refractivity contribution in [2.45, 2.75) is 96.6 Å². The van der Waals surface area contributed by atoms with Crippen molar-refractivity contribution in [1.82, 2.24) is 29.9 Å². The molecule has 0 amide bonds. The third-order valence-electron chi connectivity index (χ3n) is 16.5. The number of fused-ring (bicyclic) bond motifs is 6. The largest absolute Gasteiger partial charge is 0.429 e. The minimum atomic E-state index is -1.94. The summed E-state index contributed by atoms with van der Waals surface area (Å²) in [6, 6.07) is 44.1. The lowest BCUT2D eigenvalue weighted by atomic mass is 9.84. The Hall–Kier alpha value is -9.68. The molecule has 12 rings (SSSR count). The molecule has 0 fully saturated rings. The molecule has 2 aliphatic rings. The van der Waals surface area contributed by atoms with Gasteiger partial charge in [0.25, 0.3) is 25.9 Å². The second-order valence-electron chi connectivity index (χ2n) is 22.6. The van der Waals surface area contributed by atoms with Gasteiger partial charge >= 0.3 is 0 Å².